The van der Waals surface area contributed by atoms with E-state index >= 15 is 0 Å². The first kappa shape index (κ1) is 35.8. The van der Waals surface area contributed by atoms with Crippen LogP contribution in [0.25, 0.3) is 28.0 Å². The van der Waals surface area contributed by atoms with Gasteiger partial charge in [0.25, 0.3) is 0 Å². The van der Waals surface area contributed by atoms with Crippen LogP contribution in [0.3, 0.4) is 0 Å². The molecule has 2 aromatic heterocycles. The molecule has 3 aliphatic heterocycles. The maximum atomic E-state index is 14.7. The fraction of sp³-hybridized carbons (Fsp3) is 0.500. The summed E-state index contributed by atoms with van der Waals surface area (Å²) in [6.07, 6.45) is 5.10. The van der Waals surface area contributed by atoms with Crippen LogP contribution in [0.1, 0.15) is 89.5 Å². The summed E-state index contributed by atoms with van der Waals surface area (Å²) in [6, 6.07) is 12.5. The van der Waals surface area contributed by atoms with E-state index in [0.29, 0.717) is 53.5 Å². The number of aliphatic hydroxyl groups is 1. The fourth-order valence-corrected chi connectivity index (χ4v) is 7.17. The van der Waals surface area contributed by atoms with E-state index in [-0.39, 0.29) is 24.1 Å². The summed E-state index contributed by atoms with van der Waals surface area (Å²) >= 11 is 0. The predicted molar refractivity (Wildman–Crippen MR) is 192 cm³/mol. The van der Waals surface area contributed by atoms with Gasteiger partial charge in [0.1, 0.15) is 23.0 Å². The average molecular weight is 688 g/mol. The number of halogens is 1. The zero-order chi connectivity index (χ0) is 35.8. The third-order valence-electron chi connectivity index (χ3n) is 9.92. The summed E-state index contributed by atoms with van der Waals surface area (Å²) in [6.45, 7) is 13.6. The molecule has 1 N–H and O–H groups in total. The van der Waals surface area contributed by atoms with E-state index in [1.165, 1.54) is 19.2 Å². The van der Waals surface area contributed by atoms with Gasteiger partial charge in [-0.05, 0) is 109 Å². The van der Waals surface area contributed by atoms with Gasteiger partial charge in [-0.1, -0.05) is 18.2 Å². The number of imidazole rings is 1. The molecule has 1 fully saturated rings. The van der Waals surface area contributed by atoms with Crippen LogP contribution in [0.4, 0.5) is 10.2 Å². The lowest BCUT2D eigenvalue weighted by Crippen LogP contribution is -2.45. The smallest absolute Gasteiger partial charge is 0.339 e. The number of hydrogen-bond acceptors (Lipinski definition) is 8. The van der Waals surface area contributed by atoms with Crippen LogP contribution >= 0.6 is 0 Å². The lowest BCUT2D eigenvalue weighted by molar-refractivity contribution is -0.164. The van der Waals surface area contributed by atoms with Gasteiger partial charge in [-0.2, -0.15) is 0 Å². The van der Waals surface area contributed by atoms with Gasteiger partial charge in [0, 0.05) is 48.1 Å². The molecule has 2 aromatic carbocycles. The van der Waals surface area contributed by atoms with E-state index in [0.717, 1.165) is 54.6 Å². The van der Waals surface area contributed by atoms with Crippen LogP contribution < -0.4 is 9.64 Å². The van der Waals surface area contributed by atoms with Crippen LogP contribution in [-0.2, 0) is 25.6 Å². The van der Waals surface area contributed by atoms with Gasteiger partial charge in [0.15, 0.2) is 6.10 Å². The second-order valence-electron chi connectivity index (χ2n) is 14.9. The van der Waals surface area contributed by atoms with Crippen LogP contribution in [-0.4, -0.2) is 64.6 Å². The fourth-order valence-electron chi connectivity index (χ4n) is 7.17. The number of nitrogens with zero attached hydrogens (tertiary/aromatic N) is 3. The number of piperidine rings is 1. The Morgan fingerprint density at radius 3 is 2.58 bits per heavy atom. The molecular weight excluding hydrogens is 637 g/mol. The number of aromatic nitrogens is 2. The van der Waals surface area contributed by atoms with E-state index < -0.39 is 17.7 Å². The van der Waals surface area contributed by atoms with Gasteiger partial charge < -0.3 is 29.0 Å². The molecule has 0 unspecified atom stereocenters. The summed E-state index contributed by atoms with van der Waals surface area (Å²) in [5, 5.41) is 10.8. The van der Waals surface area contributed by atoms with Crippen molar-refractivity contribution in [1.29, 1.82) is 0 Å². The minimum Gasteiger partial charge on any atom is -0.490 e. The summed E-state index contributed by atoms with van der Waals surface area (Å²) in [5.41, 5.74) is 4.50. The molecule has 0 radical (unpaired) electrons. The number of benzene rings is 2. The third kappa shape index (κ3) is 7.38. The number of hydrogen-bond donors (Lipinski definition) is 1. The van der Waals surface area contributed by atoms with Gasteiger partial charge in [0.2, 0.25) is 0 Å². The molecule has 10 heteroatoms. The number of methoxy groups -OCH3 is 1. The van der Waals surface area contributed by atoms with E-state index in [2.05, 4.69) is 11.8 Å². The Morgan fingerprint density at radius 1 is 1.14 bits per heavy atom. The molecule has 7 rings (SSSR count). The molecule has 9 nitrogen and oxygen atoms in total. The Labute approximate surface area is 294 Å². The number of esters is 1. The topological polar surface area (TPSA) is 94.8 Å². The summed E-state index contributed by atoms with van der Waals surface area (Å²) in [7, 11) is 1.36. The highest BCUT2D eigenvalue weighted by Crippen LogP contribution is 2.42. The molecule has 268 valence electrons. The van der Waals surface area contributed by atoms with Crippen molar-refractivity contribution in [2.75, 3.05) is 31.7 Å². The normalized spacial score (nSPS) is 20.7. The van der Waals surface area contributed by atoms with Gasteiger partial charge >= 0.3 is 5.97 Å². The average Bonchev–Trinajstić information content (AvgIpc) is 3.52. The molecule has 0 saturated carbocycles. The molecular formula is C40H50FN3O6. The molecule has 6 bridgehead atoms. The van der Waals surface area contributed by atoms with Crippen molar-refractivity contribution in [1.82, 2.24) is 9.38 Å². The van der Waals surface area contributed by atoms with Gasteiger partial charge in [0.05, 0.1) is 36.7 Å². The number of pyridine rings is 1. The third-order valence-corrected chi connectivity index (χ3v) is 9.92. The molecule has 1 saturated heterocycles. The molecule has 0 aliphatic carbocycles. The highest BCUT2D eigenvalue weighted by atomic mass is 19.1. The van der Waals surface area contributed by atoms with Crippen molar-refractivity contribution >= 4 is 17.4 Å². The molecule has 4 aromatic rings. The largest absolute Gasteiger partial charge is 0.490 e. The summed E-state index contributed by atoms with van der Waals surface area (Å²) in [4.78, 5) is 20.9. The monoisotopic (exact) mass is 687 g/mol. The molecule has 0 amide bonds. The van der Waals surface area contributed by atoms with Crippen molar-refractivity contribution in [3.05, 3.63) is 71.2 Å². The molecule has 2 atom stereocenters. The Bertz CT molecular complexity index is 1860. The Morgan fingerprint density at radius 2 is 1.88 bits per heavy atom. The number of carbonyl (C=O) groups is 1. The van der Waals surface area contributed by atoms with Crippen molar-refractivity contribution < 1.29 is 33.2 Å². The summed E-state index contributed by atoms with van der Waals surface area (Å²) < 4.78 is 41.4. The first-order valence-corrected chi connectivity index (χ1v) is 17.7. The van der Waals surface area contributed by atoms with Crippen LogP contribution in [0.15, 0.2) is 48.7 Å². The second kappa shape index (κ2) is 14.3. The minimum absolute atomic E-state index is 0.0610. The van der Waals surface area contributed by atoms with E-state index in [1.54, 1.807) is 6.07 Å². The van der Waals surface area contributed by atoms with Crippen molar-refractivity contribution in [3.8, 4) is 28.1 Å². The zero-order valence-corrected chi connectivity index (χ0v) is 30.3. The lowest BCUT2D eigenvalue weighted by atomic mass is 9.91. The van der Waals surface area contributed by atoms with Crippen LogP contribution in [0.5, 0.6) is 5.75 Å². The first-order chi connectivity index (χ1) is 23.8. The van der Waals surface area contributed by atoms with Gasteiger partial charge in [-0.25, -0.2) is 14.2 Å². The number of ether oxygens (including phenoxy) is 4. The van der Waals surface area contributed by atoms with Gasteiger partial charge in [-0.3, -0.25) is 4.40 Å². The minimum atomic E-state index is -1.05. The number of anilines is 1. The van der Waals surface area contributed by atoms with E-state index in [9.17, 15) is 14.3 Å². The lowest BCUT2D eigenvalue weighted by Gasteiger charge is -2.42. The van der Waals surface area contributed by atoms with E-state index in [1.807, 2.05) is 69.5 Å². The standard InChI is InChI=1S/C40H50FN3O6/c1-25-11-8-9-20-48-40(6)16-18-43(19-17-40)37-34(35(38(46)47-7)50-39(3,4)5)26(2)31(24-45)36-42-32(23-44(36)37)28-13-10-12-27(21-28)30-22-29(41)14-15-33(30)49-25/h10,12-15,21-23,25,35,45H,8-9,11,16-20,24H2,1-7H3/t25-,35-/m0/s1. The van der Waals surface area contributed by atoms with Crippen molar-refractivity contribution in [3.63, 3.8) is 0 Å². The summed E-state index contributed by atoms with van der Waals surface area (Å²) in [5.74, 6) is 0.525. The Kier molecular flexibility index (Phi) is 10.3. The van der Waals surface area contributed by atoms with Crippen LogP contribution in [0.2, 0.25) is 0 Å². The number of rotatable bonds is 4. The quantitative estimate of drug-likeness (QED) is 0.216. The number of aliphatic hydroxyl groups excluding tert-OH is 1. The van der Waals surface area contributed by atoms with E-state index in [4.69, 9.17) is 23.9 Å². The maximum Gasteiger partial charge on any atom is 0.339 e. The SMILES string of the molecule is COC(=O)[C@@H](OC(C)(C)C)c1c(C)c(CO)c2nc3cn2c1N1CCC(C)(CC1)OCCCC[C@H](C)Oc1ccc(F)cc1-c1cccc-3c1. The van der Waals surface area contributed by atoms with Crippen molar-refractivity contribution in [2.45, 2.75) is 104 Å². The maximum absolute atomic E-state index is 14.7. The Hall–Kier alpha value is -3.99. The number of fused-ring (bicyclic) bond motifs is 8. The van der Waals surface area contributed by atoms with Crippen LogP contribution in [0, 0.1) is 12.7 Å². The zero-order valence-electron chi connectivity index (χ0n) is 30.3. The second-order valence-corrected chi connectivity index (χ2v) is 14.9. The highest BCUT2D eigenvalue weighted by Gasteiger charge is 2.38. The molecule has 0 spiro atoms. The molecule has 50 heavy (non-hydrogen) atoms. The molecule has 3 aliphatic rings. The first-order valence-electron chi connectivity index (χ1n) is 17.7. The molecule has 5 heterocycles. The predicted octanol–water partition coefficient (Wildman–Crippen LogP) is 7.96. The highest BCUT2D eigenvalue weighted by molar-refractivity contribution is 5.82. The van der Waals surface area contributed by atoms with Gasteiger partial charge in [-0.15, -0.1) is 0 Å². The number of carbonyl (C=O) groups excluding carboxylic acids is 1. The van der Waals surface area contributed by atoms with Crippen molar-refractivity contribution in [2.24, 2.45) is 0 Å². The Balaban J connectivity index is 1.59.